The first-order chi connectivity index (χ1) is 12.2. The molecule has 1 aliphatic heterocycles. The van der Waals surface area contributed by atoms with Gasteiger partial charge in [0.15, 0.2) is 0 Å². The van der Waals surface area contributed by atoms with Gasteiger partial charge in [0, 0.05) is 37.6 Å². The fourth-order valence-corrected chi connectivity index (χ4v) is 3.58. The summed E-state index contributed by atoms with van der Waals surface area (Å²) in [4.78, 5) is 19.2. The first kappa shape index (κ1) is 18.0. The Morgan fingerprint density at radius 2 is 2.08 bits per heavy atom. The summed E-state index contributed by atoms with van der Waals surface area (Å²) >= 11 is 1.42. The van der Waals surface area contributed by atoms with Gasteiger partial charge in [-0.1, -0.05) is 30.3 Å². The summed E-state index contributed by atoms with van der Waals surface area (Å²) in [6.45, 7) is 4.46. The maximum Gasteiger partial charge on any atom is 0.271 e. The van der Waals surface area contributed by atoms with Gasteiger partial charge in [-0.2, -0.15) is 0 Å². The standard InChI is InChI=1S/C18H24N4O2S/c19-11-17-21-16(13-25-17)18(23)20-15(10-14-4-2-1-3-5-14)12-22-6-8-24-9-7-22/h1-5,13,15H,6-12,19H2,(H,20,23). The zero-order chi connectivity index (χ0) is 17.5. The van der Waals surface area contributed by atoms with E-state index in [1.54, 1.807) is 5.38 Å². The number of aromatic nitrogens is 1. The Labute approximate surface area is 152 Å². The summed E-state index contributed by atoms with van der Waals surface area (Å²) in [6.07, 6.45) is 0.790. The minimum absolute atomic E-state index is 0.0241. The number of nitrogens with two attached hydrogens (primary N) is 1. The van der Waals surface area contributed by atoms with Crippen molar-refractivity contribution in [1.82, 2.24) is 15.2 Å². The molecule has 1 aromatic carbocycles. The third-order valence-corrected chi connectivity index (χ3v) is 5.07. The summed E-state index contributed by atoms with van der Waals surface area (Å²) in [6, 6.07) is 10.3. The highest BCUT2D eigenvalue weighted by Crippen LogP contribution is 2.11. The highest BCUT2D eigenvalue weighted by molar-refractivity contribution is 7.09. The number of ether oxygens (including phenoxy) is 1. The van der Waals surface area contributed by atoms with Gasteiger partial charge in [0.1, 0.15) is 10.7 Å². The van der Waals surface area contributed by atoms with E-state index in [0.29, 0.717) is 12.2 Å². The van der Waals surface area contributed by atoms with Crippen molar-refractivity contribution >= 4 is 17.2 Å². The van der Waals surface area contributed by atoms with Gasteiger partial charge in [-0.15, -0.1) is 11.3 Å². The molecule has 0 radical (unpaired) electrons. The van der Waals surface area contributed by atoms with E-state index in [4.69, 9.17) is 10.5 Å². The lowest BCUT2D eigenvalue weighted by Crippen LogP contribution is -2.48. The maximum absolute atomic E-state index is 12.6. The highest BCUT2D eigenvalue weighted by atomic mass is 32.1. The van der Waals surface area contributed by atoms with Gasteiger partial charge in [-0.3, -0.25) is 9.69 Å². The van der Waals surface area contributed by atoms with Gasteiger partial charge < -0.3 is 15.8 Å². The summed E-state index contributed by atoms with van der Waals surface area (Å²) in [7, 11) is 0. The first-order valence-electron chi connectivity index (χ1n) is 8.54. The number of carbonyl (C=O) groups excluding carboxylic acids is 1. The van der Waals surface area contributed by atoms with Crippen molar-refractivity contribution < 1.29 is 9.53 Å². The number of rotatable bonds is 7. The van der Waals surface area contributed by atoms with Crippen LogP contribution < -0.4 is 11.1 Å². The Kier molecular flexibility index (Phi) is 6.52. The summed E-state index contributed by atoms with van der Waals surface area (Å²) < 4.78 is 5.42. The number of nitrogens with one attached hydrogen (secondary N) is 1. The van der Waals surface area contributed by atoms with Crippen LogP contribution in [0.15, 0.2) is 35.7 Å². The lowest BCUT2D eigenvalue weighted by molar-refractivity contribution is 0.0333. The van der Waals surface area contributed by atoms with E-state index in [1.807, 2.05) is 18.2 Å². The largest absolute Gasteiger partial charge is 0.379 e. The van der Waals surface area contributed by atoms with Crippen molar-refractivity contribution in [2.75, 3.05) is 32.8 Å². The van der Waals surface area contributed by atoms with Crippen LogP contribution in [0.25, 0.3) is 0 Å². The molecule has 2 aromatic rings. The van der Waals surface area contributed by atoms with E-state index in [0.717, 1.165) is 44.3 Å². The zero-order valence-electron chi connectivity index (χ0n) is 14.2. The van der Waals surface area contributed by atoms with Crippen LogP contribution in [0.5, 0.6) is 0 Å². The molecule has 1 saturated heterocycles. The van der Waals surface area contributed by atoms with E-state index < -0.39 is 0 Å². The molecule has 3 N–H and O–H groups in total. The van der Waals surface area contributed by atoms with Crippen molar-refractivity contribution in [1.29, 1.82) is 0 Å². The van der Waals surface area contributed by atoms with E-state index in [9.17, 15) is 4.79 Å². The number of hydrogen-bond donors (Lipinski definition) is 2. The fraction of sp³-hybridized carbons (Fsp3) is 0.444. The Morgan fingerprint density at radius 1 is 1.32 bits per heavy atom. The molecule has 1 amide bonds. The summed E-state index contributed by atoms with van der Waals surface area (Å²) in [5.41, 5.74) is 7.25. The number of amides is 1. The van der Waals surface area contributed by atoms with E-state index >= 15 is 0 Å². The quantitative estimate of drug-likeness (QED) is 0.777. The van der Waals surface area contributed by atoms with Gasteiger partial charge >= 0.3 is 0 Å². The van der Waals surface area contributed by atoms with E-state index in [1.165, 1.54) is 16.9 Å². The average Bonchev–Trinajstić information content (AvgIpc) is 3.13. The number of hydrogen-bond acceptors (Lipinski definition) is 6. The van der Waals surface area contributed by atoms with Crippen LogP contribution in [-0.2, 0) is 17.7 Å². The second kappa shape index (κ2) is 9.05. The predicted molar refractivity (Wildman–Crippen MR) is 98.7 cm³/mol. The first-order valence-corrected chi connectivity index (χ1v) is 9.42. The molecule has 3 rings (SSSR count). The van der Waals surface area contributed by atoms with Gasteiger partial charge in [-0.05, 0) is 12.0 Å². The molecular weight excluding hydrogens is 336 g/mol. The van der Waals surface area contributed by atoms with Crippen LogP contribution in [0.2, 0.25) is 0 Å². The Morgan fingerprint density at radius 3 is 2.76 bits per heavy atom. The lowest BCUT2D eigenvalue weighted by Gasteiger charge is -2.30. The van der Waals surface area contributed by atoms with Crippen LogP contribution in [0, 0.1) is 0 Å². The smallest absolute Gasteiger partial charge is 0.271 e. The zero-order valence-corrected chi connectivity index (χ0v) is 15.0. The van der Waals surface area contributed by atoms with Crippen LogP contribution in [-0.4, -0.2) is 54.7 Å². The highest BCUT2D eigenvalue weighted by Gasteiger charge is 2.20. The third-order valence-electron chi connectivity index (χ3n) is 4.20. The third kappa shape index (κ3) is 5.34. The minimum atomic E-state index is -0.134. The Bertz CT molecular complexity index is 671. The van der Waals surface area contributed by atoms with E-state index in [-0.39, 0.29) is 11.9 Å². The molecule has 1 atom stereocenters. The molecular formula is C18H24N4O2S. The molecule has 7 heteroatoms. The van der Waals surface area contributed by atoms with Gasteiger partial charge in [0.2, 0.25) is 0 Å². The molecule has 25 heavy (non-hydrogen) atoms. The Hall–Kier alpha value is -1.80. The number of carbonyl (C=O) groups is 1. The minimum Gasteiger partial charge on any atom is -0.379 e. The molecule has 1 aliphatic rings. The summed E-state index contributed by atoms with van der Waals surface area (Å²) in [5, 5.41) is 5.69. The lowest BCUT2D eigenvalue weighted by atomic mass is 10.0. The van der Waals surface area contributed by atoms with Crippen molar-refractivity contribution in [2.24, 2.45) is 5.73 Å². The molecule has 1 unspecified atom stereocenters. The molecule has 134 valence electrons. The second-order valence-corrected chi connectivity index (χ2v) is 7.05. The van der Waals surface area contributed by atoms with Crippen LogP contribution in [0.1, 0.15) is 21.1 Å². The Balaban J connectivity index is 1.66. The average molecular weight is 360 g/mol. The van der Waals surface area contributed by atoms with Crippen molar-refractivity contribution in [2.45, 2.75) is 19.0 Å². The molecule has 2 heterocycles. The van der Waals surface area contributed by atoms with Crippen LogP contribution in [0.4, 0.5) is 0 Å². The number of thiazole rings is 1. The van der Waals surface area contributed by atoms with Crippen molar-refractivity contribution in [3.63, 3.8) is 0 Å². The molecule has 0 spiro atoms. The second-order valence-electron chi connectivity index (χ2n) is 6.10. The molecule has 1 fully saturated rings. The van der Waals surface area contributed by atoms with Crippen LogP contribution in [0.3, 0.4) is 0 Å². The molecule has 6 nitrogen and oxygen atoms in total. The number of nitrogens with zero attached hydrogens (tertiary/aromatic N) is 2. The molecule has 0 saturated carbocycles. The summed E-state index contributed by atoms with van der Waals surface area (Å²) in [5.74, 6) is -0.134. The topological polar surface area (TPSA) is 80.5 Å². The SMILES string of the molecule is NCc1nc(C(=O)NC(Cc2ccccc2)CN2CCOCC2)cs1. The van der Waals surface area contributed by atoms with Gasteiger partial charge in [0.05, 0.1) is 13.2 Å². The monoisotopic (exact) mass is 360 g/mol. The van der Waals surface area contributed by atoms with Crippen LogP contribution >= 0.6 is 11.3 Å². The maximum atomic E-state index is 12.6. The molecule has 0 bridgehead atoms. The number of morpholine rings is 1. The molecule has 0 aliphatic carbocycles. The van der Waals surface area contributed by atoms with Gasteiger partial charge in [-0.25, -0.2) is 4.98 Å². The normalized spacial score (nSPS) is 16.5. The van der Waals surface area contributed by atoms with Crippen molar-refractivity contribution in [3.8, 4) is 0 Å². The fourth-order valence-electron chi connectivity index (χ4n) is 2.92. The van der Waals surface area contributed by atoms with Gasteiger partial charge in [0.25, 0.3) is 5.91 Å². The molecule has 1 aromatic heterocycles. The predicted octanol–water partition coefficient (Wildman–Crippen LogP) is 1.28. The van der Waals surface area contributed by atoms with Crippen molar-refractivity contribution in [3.05, 3.63) is 52.0 Å². The van der Waals surface area contributed by atoms with E-state index in [2.05, 4.69) is 27.3 Å². The number of benzene rings is 1.